The Balaban J connectivity index is 1.74. The Morgan fingerprint density at radius 3 is 3.06 bits per heavy atom. The highest BCUT2D eigenvalue weighted by atomic mass is 19.1. The fraction of sp³-hybridized carbons (Fsp3) is 0.357. The Morgan fingerprint density at radius 1 is 1.28 bits per heavy atom. The molecule has 94 valence electrons. The van der Waals surface area contributed by atoms with Crippen LogP contribution in [0.2, 0.25) is 0 Å². The van der Waals surface area contributed by atoms with E-state index in [2.05, 4.69) is 14.9 Å². The summed E-state index contributed by atoms with van der Waals surface area (Å²) in [6, 6.07) is 6.95. The van der Waals surface area contributed by atoms with Gasteiger partial charge in [0.1, 0.15) is 17.5 Å². The largest absolute Gasteiger partial charge is 0.370 e. The van der Waals surface area contributed by atoms with Crippen molar-refractivity contribution in [2.24, 2.45) is 0 Å². The van der Waals surface area contributed by atoms with E-state index < -0.39 is 0 Å². The predicted octanol–water partition coefficient (Wildman–Crippen LogP) is 2.62. The van der Waals surface area contributed by atoms with Gasteiger partial charge in [-0.25, -0.2) is 9.37 Å². The standard InChI is InChI=1S/C14H16FN3/c15-12-5-2-1-4-11(12)6-7-13-17-10-14-16-8-3-9-18(13)14/h1-2,4-5,10,16H,3,6-9H2. The molecule has 1 aliphatic heterocycles. The fourth-order valence-electron chi connectivity index (χ4n) is 2.41. The van der Waals surface area contributed by atoms with E-state index in [0.717, 1.165) is 43.1 Å². The molecule has 2 heterocycles. The van der Waals surface area contributed by atoms with E-state index in [1.807, 2.05) is 18.3 Å². The van der Waals surface area contributed by atoms with Crippen molar-refractivity contribution in [3.63, 3.8) is 0 Å². The van der Waals surface area contributed by atoms with Crippen LogP contribution in [0, 0.1) is 5.82 Å². The van der Waals surface area contributed by atoms with E-state index in [9.17, 15) is 4.39 Å². The van der Waals surface area contributed by atoms with Crippen LogP contribution in [-0.2, 0) is 19.4 Å². The van der Waals surface area contributed by atoms with Crippen LogP contribution in [0.25, 0.3) is 0 Å². The van der Waals surface area contributed by atoms with Gasteiger partial charge in [-0.2, -0.15) is 0 Å². The van der Waals surface area contributed by atoms with Crippen LogP contribution in [0.5, 0.6) is 0 Å². The molecule has 0 unspecified atom stereocenters. The minimum Gasteiger partial charge on any atom is -0.370 e. The van der Waals surface area contributed by atoms with Gasteiger partial charge in [0.2, 0.25) is 0 Å². The Bertz CT molecular complexity index is 548. The summed E-state index contributed by atoms with van der Waals surface area (Å²) in [6.45, 7) is 2.02. The molecule has 1 N–H and O–H groups in total. The summed E-state index contributed by atoms with van der Waals surface area (Å²) < 4.78 is 15.7. The average Bonchev–Trinajstić information content (AvgIpc) is 2.81. The van der Waals surface area contributed by atoms with E-state index in [1.165, 1.54) is 6.07 Å². The second kappa shape index (κ2) is 4.80. The van der Waals surface area contributed by atoms with Gasteiger partial charge in [-0.3, -0.25) is 0 Å². The van der Waals surface area contributed by atoms with Crippen LogP contribution in [0.3, 0.4) is 0 Å². The van der Waals surface area contributed by atoms with E-state index in [0.29, 0.717) is 6.42 Å². The first kappa shape index (κ1) is 11.3. The molecule has 3 nitrogen and oxygen atoms in total. The van der Waals surface area contributed by atoms with Crippen molar-refractivity contribution in [3.05, 3.63) is 47.7 Å². The monoisotopic (exact) mass is 245 g/mol. The Morgan fingerprint density at radius 2 is 2.17 bits per heavy atom. The van der Waals surface area contributed by atoms with Gasteiger partial charge in [0.15, 0.2) is 0 Å². The lowest BCUT2D eigenvalue weighted by Gasteiger charge is -2.18. The third kappa shape index (κ3) is 2.10. The van der Waals surface area contributed by atoms with Crippen LogP contribution in [0.4, 0.5) is 10.2 Å². The van der Waals surface area contributed by atoms with E-state index in [-0.39, 0.29) is 5.82 Å². The van der Waals surface area contributed by atoms with Gasteiger partial charge >= 0.3 is 0 Å². The lowest BCUT2D eigenvalue weighted by Crippen LogP contribution is -2.18. The Labute approximate surface area is 106 Å². The summed E-state index contributed by atoms with van der Waals surface area (Å²) in [6.07, 6.45) is 4.47. The highest BCUT2D eigenvalue weighted by Gasteiger charge is 2.13. The molecular formula is C14H16FN3. The summed E-state index contributed by atoms with van der Waals surface area (Å²) in [5.41, 5.74) is 0.763. The topological polar surface area (TPSA) is 29.9 Å². The summed E-state index contributed by atoms with van der Waals surface area (Å²) in [5, 5.41) is 3.32. The molecule has 0 amide bonds. The normalized spacial score (nSPS) is 14.1. The van der Waals surface area contributed by atoms with Gasteiger partial charge in [0.25, 0.3) is 0 Å². The van der Waals surface area contributed by atoms with E-state index in [4.69, 9.17) is 0 Å². The van der Waals surface area contributed by atoms with Gasteiger partial charge in [0, 0.05) is 19.5 Å². The van der Waals surface area contributed by atoms with Crippen LogP contribution >= 0.6 is 0 Å². The summed E-state index contributed by atoms with van der Waals surface area (Å²) in [5.74, 6) is 2.01. The maximum Gasteiger partial charge on any atom is 0.126 e. The third-order valence-electron chi connectivity index (χ3n) is 3.38. The molecule has 0 radical (unpaired) electrons. The summed E-state index contributed by atoms with van der Waals surface area (Å²) >= 11 is 0. The highest BCUT2D eigenvalue weighted by molar-refractivity contribution is 5.36. The second-order valence-electron chi connectivity index (χ2n) is 4.58. The maximum absolute atomic E-state index is 13.5. The minimum atomic E-state index is -0.124. The molecule has 1 aromatic heterocycles. The number of hydrogen-bond acceptors (Lipinski definition) is 2. The molecule has 0 fully saturated rings. The molecule has 0 saturated carbocycles. The maximum atomic E-state index is 13.5. The smallest absolute Gasteiger partial charge is 0.126 e. The zero-order valence-corrected chi connectivity index (χ0v) is 10.2. The fourth-order valence-corrected chi connectivity index (χ4v) is 2.41. The van der Waals surface area contributed by atoms with Crippen LogP contribution in [-0.4, -0.2) is 16.1 Å². The van der Waals surface area contributed by atoms with E-state index in [1.54, 1.807) is 6.07 Å². The molecule has 1 aromatic carbocycles. The zero-order chi connectivity index (χ0) is 12.4. The Hall–Kier alpha value is -1.84. The number of fused-ring (bicyclic) bond motifs is 1. The number of benzene rings is 1. The summed E-state index contributed by atoms with van der Waals surface area (Å²) in [4.78, 5) is 4.42. The third-order valence-corrected chi connectivity index (χ3v) is 3.38. The van der Waals surface area contributed by atoms with Crippen molar-refractivity contribution in [3.8, 4) is 0 Å². The number of rotatable bonds is 3. The molecule has 0 saturated heterocycles. The van der Waals surface area contributed by atoms with Crippen molar-refractivity contribution in [1.82, 2.24) is 9.55 Å². The highest BCUT2D eigenvalue weighted by Crippen LogP contribution is 2.18. The van der Waals surface area contributed by atoms with E-state index >= 15 is 0 Å². The van der Waals surface area contributed by atoms with Gasteiger partial charge in [-0.1, -0.05) is 18.2 Å². The molecule has 0 spiro atoms. The summed E-state index contributed by atoms with van der Waals surface area (Å²) in [7, 11) is 0. The number of aromatic nitrogens is 2. The van der Waals surface area contributed by atoms with Gasteiger partial charge in [-0.05, 0) is 24.5 Å². The lowest BCUT2D eigenvalue weighted by atomic mass is 10.1. The molecule has 18 heavy (non-hydrogen) atoms. The second-order valence-corrected chi connectivity index (χ2v) is 4.58. The number of nitrogens with zero attached hydrogens (tertiary/aromatic N) is 2. The van der Waals surface area contributed by atoms with Crippen molar-refractivity contribution in [2.45, 2.75) is 25.8 Å². The first-order chi connectivity index (χ1) is 8.84. The van der Waals surface area contributed by atoms with Gasteiger partial charge < -0.3 is 9.88 Å². The number of hydrogen-bond donors (Lipinski definition) is 1. The van der Waals surface area contributed by atoms with Crippen LogP contribution < -0.4 is 5.32 Å². The predicted molar refractivity (Wildman–Crippen MR) is 69.1 cm³/mol. The van der Waals surface area contributed by atoms with Gasteiger partial charge in [0.05, 0.1) is 6.20 Å². The molecule has 4 heteroatoms. The molecule has 3 rings (SSSR count). The van der Waals surface area contributed by atoms with Crippen molar-refractivity contribution in [1.29, 1.82) is 0 Å². The molecule has 0 atom stereocenters. The number of anilines is 1. The molecule has 2 aromatic rings. The Kier molecular flexibility index (Phi) is 3.00. The first-order valence-corrected chi connectivity index (χ1v) is 6.36. The molecule has 0 bridgehead atoms. The van der Waals surface area contributed by atoms with Gasteiger partial charge in [-0.15, -0.1) is 0 Å². The molecular weight excluding hydrogens is 229 g/mol. The lowest BCUT2D eigenvalue weighted by molar-refractivity contribution is 0.585. The van der Waals surface area contributed by atoms with Crippen LogP contribution in [0.15, 0.2) is 30.5 Å². The minimum absolute atomic E-state index is 0.124. The number of nitrogens with one attached hydrogen (secondary N) is 1. The average molecular weight is 245 g/mol. The SMILES string of the molecule is Fc1ccccc1CCc1ncc2n1CCCN2. The van der Waals surface area contributed by atoms with Crippen molar-refractivity contribution < 1.29 is 4.39 Å². The van der Waals surface area contributed by atoms with Crippen molar-refractivity contribution in [2.75, 3.05) is 11.9 Å². The molecule has 0 aliphatic carbocycles. The molecule has 1 aliphatic rings. The number of aryl methyl sites for hydroxylation is 2. The number of halogens is 1. The van der Waals surface area contributed by atoms with Crippen LogP contribution in [0.1, 0.15) is 17.8 Å². The number of imidazole rings is 1. The van der Waals surface area contributed by atoms with Crippen molar-refractivity contribution >= 4 is 5.82 Å². The quantitative estimate of drug-likeness (QED) is 0.900. The first-order valence-electron chi connectivity index (χ1n) is 6.36. The zero-order valence-electron chi connectivity index (χ0n) is 10.2.